The first-order chi connectivity index (χ1) is 5.54. The Morgan fingerprint density at radius 1 is 0.500 bits per heavy atom. The predicted octanol–water partition coefficient (Wildman–Crippen LogP) is -8.53. The standard InChI is InChI=1S/C6H14O6.6H2O/c7-1-3(9)5(11)6(12)4(10)2-8;;;;;;/h3-12H,1-2H2;6*1H2/t3-,4+,5-,6-;;;;;;/m1....../s1. The molecule has 0 saturated heterocycles. The van der Waals surface area contributed by atoms with Gasteiger partial charge in [-0.3, -0.25) is 0 Å². The summed E-state index contributed by atoms with van der Waals surface area (Å²) in [6.07, 6.45) is -6.39. The van der Waals surface area contributed by atoms with Crippen molar-refractivity contribution in [3.63, 3.8) is 0 Å². The summed E-state index contributed by atoms with van der Waals surface area (Å²) >= 11 is 0. The Bertz CT molecular complexity index is 109. The summed E-state index contributed by atoms with van der Waals surface area (Å²) in [6.45, 7) is -1.45. The Morgan fingerprint density at radius 2 is 0.667 bits per heavy atom. The van der Waals surface area contributed by atoms with Crippen LogP contribution in [0.1, 0.15) is 0 Å². The highest BCUT2D eigenvalue weighted by Crippen LogP contribution is 2.03. The van der Waals surface area contributed by atoms with Crippen LogP contribution in [0.4, 0.5) is 0 Å². The highest BCUT2D eigenvalue weighted by atomic mass is 16.4. The largest absolute Gasteiger partial charge is 0.412 e. The Hall–Kier alpha value is -0.480. The maximum absolute atomic E-state index is 8.96. The van der Waals surface area contributed by atoms with Crippen molar-refractivity contribution in [2.45, 2.75) is 24.4 Å². The molecule has 18 heavy (non-hydrogen) atoms. The lowest BCUT2D eigenvalue weighted by molar-refractivity contribution is -0.123. The van der Waals surface area contributed by atoms with Crippen LogP contribution in [-0.4, -0.2) is 101 Å². The van der Waals surface area contributed by atoms with E-state index in [0.29, 0.717) is 0 Å². The van der Waals surface area contributed by atoms with Gasteiger partial charge in [0.2, 0.25) is 0 Å². The average Bonchev–Trinajstić information content (AvgIpc) is 2.12. The lowest BCUT2D eigenvalue weighted by Gasteiger charge is -2.24. The van der Waals surface area contributed by atoms with E-state index < -0.39 is 37.6 Å². The summed E-state index contributed by atoms with van der Waals surface area (Å²) in [6, 6.07) is 0. The van der Waals surface area contributed by atoms with Gasteiger partial charge < -0.3 is 63.5 Å². The maximum atomic E-state index is 8.96. The molecule has 0 unspecified atom stereocenters. The lowest BCUT2D eigenvalue weighted by Crippen LogP contribution is -2.46. The Morgan fingerprint density at radius 3 is 0.778 bits per heavy atom. The van der Waals surface area contributed by atoms with Gasteiger partial charge in [0.1, 0.15) is 24.4 Å². The second-order valence-electron chi connectivity index (χ2n) is 2.48. The van der Waals surface area contributed by atoms with Gasteiger partial charge in [-0.1, -0.05) is 0 Å². The van der Waals surface area contributed by atoms with Gasteiger partial charge in [-0.2, -0.15) is 0 Å². The zero-order valence-corrected chi connectivity index (χ0v) is 9.41. The molecule has 0 heterocycles. The quantitative estimate of drug-likeness (QED) is 0.285. The molecule has 0 fully saturated rings. The van der Waals surface area contributed by atoms with Crippen LogP contribution in [0, 0.1) is 0 Å². The molecular formula is C6H26O12. The molecule has 0 saturated carbocycles. The first-order valence-electron chi connectivity index (χ1n) is 3.48. The van der Waals surface area contributed by atoms with E-state index in [1.165, 1.54) is 0 Å². The third kappa shape index (κ3) is 13.6. The molecule has 0 aromatic heterocycles. The van der Waals surface area contributed by atoms with Crippen molar-refractivity contribution >= 4 is 0 Å². The Balaban J connectivity index is -0.0000000403. The molecule has 0 amide bonds. The van der Waals surface area contributed by atoms with E-state index >= 15 is 0 Å². The molecule has 12 nitrogen and oxygen atoms in total. The van der Waals surface area contributed by atoms with E-state index in [9.17, 15) is 0 Å². The number of hydrogen-bond acceptors (Lipinski definition) is 6. The average molecular weight is 290 g/mol. The van der Waals surface area contributed by atoms with Crippen molar-refractivity contribution in [2.75, 3.05) is 13.2 Å². The van der Waals surface area contributed by atoms with Crippen molar-refractivity contribution in [2.24, 2.45) is 0 Å². The summed E-state index contributed by atoms with van der Waals surface area (Å²) in [5.41, 5.74) is 0. The minimum Gasteiger partial charge on any atom is -0.412 e. The van der Waals surface area contributed by atoms with Crippen LogP contribution in [0.15, 0.2) is 0 Å². The van der Waals surface area contributed by atoms with E-state index in [1.807, 2.05) is 0 Å². The molecule has 0 aliphatic rings. The van der Waals surface area contributed by atoms with Gasteiger partial charge in [0.25, 0.3) is 0 Å². The van der Waals surface area contributed by atoms with Crippen molar-refractivity contribution in [1.29, 1.82) is 0 Å². The van der Waals surface area contributed by atoms with Crippen LogP contribution in [-0.2, 0) is 0 Å². The predicted molar refractivity (Wildman–Crippen MR) is 59.9 cm³/mol. The van der Waals surface area contributed by atoms with Crippen LogP contribution >= 0.6 is 0 Å². The van der Waals surface area contributed by atoms with Crippen LogP contribution in [0.5, 0.6) is 0 Å². The van der Waals surface area contributed by atoms with E-state index in [2.05, 4.69) is 0 Å². The lowest BCUT2D eigenvalue weighted by atomic mass is 10.0. The van der Waals surface area contributed by atoms with Gasteiger partial charge in [0, 0.05) is 0 Å². The third-order valence-electron chi connectivity index (χ3n) is 1.51. The molecular weight excluding hydrogens is 264 g/mol. The summed E-state index contributed by atoms with van der Waals surface area (Å²) in [4.78, 5) is 0. The van der Waals surface area contributed by atoms with E-state index in [4.69, 9.17) is 30.6 Å². The highest BCUT2D eigenvalue weighted by molar-refractivity contribution is 4.79. The van der Waals surface area contributed by atoms with E-state index in [0.717, 1.165) is 0 Å². The minimum atomic E-state index is -1.67. The highest BCUT2D eigenvalue weighted by Gasteiger charge is 2.29. The van der Waals surface area contributed by atoms with E-state index in [-0.39, 0.29) is 32.9 Å². The molecule has 122 valence electrons. The van der Waals surface area contributed by atoms with Gasteiger partial charge in [-0.05, 0) is 0 Å². The number of rotatable bonds is 5. The van der Waals surface area contributed by atoms with Crippen LogP contribution in [0.25, 0.3) is 0 Å². The monoisotopic (exact) mass is 290 g/mol. The van der Waals surface area contributed by atoms with Crippen molar-refractivity contribution in [3.05, 3.63) is 0 Å². The van der Waals surface area contributed by atoms with Gasteiger partial charge >= 0.3 is 0 Å². The van der Waals surface area contributed by atoms with Crippen LogP contribution < -0.4 is 0 Å². The Labute approximate surface area is 102 Å². The zero-order valence-electron chi connectivity index (χ0n) is 9.41. The summed E-state index contributed by atoms with van der Waals surface area (Å²) in [5, 5.41) is 52.2. The third-order valence-corrected chi connectivity index (χ3v) is 1.51. The fraction of sp³-hybridized carbons (Fsp3) is 1.00. The van der Waals surface area contributed by atoms with E-state index in [1.54, 1.807) is 0 Å². The summed E-state index contributed by atoms with van der Waals surface area (Å²) in [7, 11) is 0. The number of aliphatic hydroxyl groups is 6. The SMILES string of the molecule is O.O.O.O.O.O.OC[C@@H](O)[C@@H](O)[C@H](O)[C@@H](O)CO. The first-order valence-corrected chi connectivity index (χ1v) is 3.48. The molecule has 18 N–H and O–H groups in total. The van der Waals surface area contributed by atoms with Crippen molar-refractivity contribution in [1.82, 2.24) is 0 Å². The molecule has 0 radical (unpaired) electrons. The van der Waals surface area contributed by atoms with Gasteiger partial charge in [0.05, 0.1) is 13.2 Å². The molecule has 0 rings (SSSR count). The fourth-order valence-corrected chi connectivity index (χ4v) is 0.671. The van der Waals surface area contributed by atoms with Crippen LogP contribution in [0.2, 0.25) is 0 Å². The first kappa shape index (κ1) is 43.2. The number of aliphatic hydroxyl groups excluding tert-OH is 6. The summed E-state index contributed by atoms with van der Waals surface area (Å²) < 4.78 is 0. The minimum absolute atomic E-state index is 0. The van der Waals surface area contributed by atoms with Crippen molar-refractivity contribution < 1.29 is 63.5 Å². The van der Waals surface area contributed by atoms with Gasteiger partial charge in [-0.25, -0.2) is 0 Å². The van der Waals surface area contributed by atoms with Crippen molar-refractivity contribution in [3.8, 4) is 0 Å². The molecule has 0 aliphatic carbocycles. The van der Waals surface area contributed by atoms with Gasteiger partial charge in [0.15, 0.2) is 0 Å². The maximum Gasteiger partial charge on any atom is 0.111 e. The molecule has 0 aromatic carbocycles. The smallest absolute Gasteiger partial charge is 0.111 e. The molecule has 0 bridgehead atoms. The molecule has 0 aliphatic heterocycles. The molecule has 4 atom stereocenters. The topological polar surface area (TPSA) is 310 Å². The fourth-order valence-electron chi connectivity index (χ4n) is 0.671. The number of hydrogen-bond donors (Lipinski definition) is 6. The van der Waals surface area contributed by atoms with Crippen LogP contribution in [0.3, 0.4) is 0 Å². The second kappa shape index (κ2) is 21.8. The Kier molecular flexibility index (Phi) is 52.3. The second-order valence-corrected chi connectivity index (χ2v) is 2.48. The summed E-state index contributed by atoms with van der Waals surface area (Å²) in [5.74, 6) is 0. The molecule has 12 heteroatoms. The normalized spacial score (nSPS) is 14.3. The zero-order chi connectivity index (χ0) is 9.72. The molecule has 0 spiro atoms. The van der Waals surface area contributed by atoms with Gasteiger partial charge in [-0.15, -0.1) is 0 Å². The molecule has 0 aromatic rings.